The van der Waals surface area contributed by atoms with Crippen molar-refractivity contribution < 1.29 is 9.47 Å². The lowest BCUT2D eigenvalue weighted by atomic mass is 10.3. The second kappa shape index (κ2) is 6.20. The zero-order valence-electron chi connectivity index (χ0n) is 11.2. The van der Waals surface area contributed by atoms with Gasteiger partial charge in [-0.05, 0) is 0 Å². The Bertz CT molecular complexity index is 443. The van der Waals surface area contributed by atoms with Crippen LogP contribution < -0.4 is 14.4 Å². The first-order valence-electron chi connectivity index (χ1n) is 6.08. The number of hydrogen-bond donors (Lipinski definition) is 0. The fourth-order valence-corrected chi connectivity index (χ4v) is 1.95. The molecule has 2 heterocycles. The zero-order chi connectivity index (χ0) is 13.7. The predicted molar refractivity (Wildman–Crippen MR) is 69.4 cm³/mol. The van der Waals surface area contributed by atoms with Gasteiger partial charge in [0.05, 0.1) is 32.9 Å². The van der Waals surface area contributed by atoms with Crippen LogP contribution in [0.15, 0.2) is 6.07 Å². The van der Waals surface area contributed by atoms with Crippen molar-refractivity contribution in [2.45, 2.75) is 0 Å². The van der Waals surface area contributed by atoms with Crippen LogP contribution in [0.4, 0.5) is 5.95 Å². The minimum Gasteiger partial charge on any atom is -0.481 e. The summed E-state index contributed by atoms with van der Waals surface area (Å²) in [6.07, 6.45) is 0. The third-order valence-corrected chi connectivity index (χ3v) is 3.04. The SMILES string of the molecule is COc1cc(OC)nc(N2CCN(CC#N)CC2)n1. The van der Waals surface area contributed by atoms with Crippen LogP contribution in [0.25, 0.3) is 0 Å². The number of nitrogens with zero attached hydrogens (tertiary/aromatic N) is 5. The molecule has 2 rings (SSSR count). The highest BCUT2D eigenvalue weighted by atomic mass is 16.5. The summed E-state index contributed by atoms with van der Waals surface area (Å²) in [4.78, 5) is 12.8. The number of rotatable bonds is 4. The summed E-state index contributed by atoms with van der Waals surface area (Å²) in [6, 6.07) is 3.81. The maximum Gasteiger partial charge on any atom is 0.232 e. The van der Waals surface area contributed by atoms with Gasteiger partial charge in [0.1, 0.15) is 0 Å². The maximum atomic E-state index is 8.68. The molecular weight excluding hydrogens is 246 g/mol. The van der Waals surface area contributed by atoms with Gasteiger partial charge in [0, 0.05) is 26.2 Å². The minimum absolute atomic E-state index is 0.468. The van der Waals surface area contributed by atoms with Crippen LogP contribution in [0.2, 0.25) is 0 Å². The molecule has 7 heteroatoms. The van der Waals surface area contributed by atoms with Crippen LogP contribution in [0.3, 0.4) is 0 Å². The van der Waals surface area contributed by atoms with Crippen molar-refractivity contribution in [3.63, 3.8) is 0 Å². The third kappa shape index (κ3) is 3.23. The molecule has 19 heavy (non-hydrogen) atoms. The number of ether oxygens (including phenoxy) is 2. The molecule has 0 radical (unpaired) electrons. The molecule has 1 saturated heterocycles. The van der Waals surface area contributed by atoms with E-state index in [9.17, 15) is 0 Å². The van der Waals surface area contributed by atoms with E-state index in [-0.39, 0.29) is 0 Å². The van der Waals surface area contributed by atoms with Crippen molar-refractivity contribution in [1.29, 1.82) is 5.26 Å². The molecule has 1 aromatic heterocycles. The van der Waals surface area contributed by atoms with E-state index in [1.54, 1.807) is 20.3 Å². The molecule has 0 aromatic carbocycles. The Kier molecular flexibility index (Phi) is 4.36. The minimum atomic E-state index is 0.468. The number of aromatic nitrogens is 2. The number of methoxy groups -OCH3 is 2. The lowest BCUT2D eigenvalue weighted by Crippen LogP contribution is -2.47. The van der Waals surface area contributed by atoms with E-state index in [4.69, 9.17) is 14.7 Å². The highest BCUT2D eigenvalue weighted by Crippen LogP contribution is 2.20. The normalized spacial score (nSPS) is 15.9. The molecule has 0 unspecified atom stereocenters. The van der Waals surface area contributed by atoms with Gasteiger partial charge in [0.25, 0.3) is 0 Å². The number of hydrogen-bond acceptors (Lipinski definition) is 7. The molecule has 1 fully saturated rings. The lowest BCUT2D eigenvalue weighted by Gasteiger charge is -2.33. The van der Waals surface area contributed by atoms with Crippen LogP contribution in [0.5, 0.6) is 11.8 Å². The first-order chi connectivity index (χ1) is 9.26. The molecule has 0 amide bonds. The third-order valence-electron chi connectivity index (χ3n) is 3.04. The number of anilines is 1. The molecule has 0 saturated carbocycles. The second-order valence-corrected chi connectivity index (χ2v) is 4.17. The van der Waals surface area contributed by atoms with Gasteiger partial charge >= 0.3 is 0 Å². The standard InChI is InChI=1S/C12H17N5O2/c1-18-10-9-11(19-2)15-12(14-10)17-7-5-16(4-3-13)6-8-17/h9H,4-8H2,1-2H3. The van der Waals surface area contributed by atoms with Crippen molar-refractivity contribution in [3.05, 3.63) is 6.07 Å². The van der Waals surface area contributed by atoms with Gasteiger partial charge in [-0.2, -0.15) is 15.2 Å². The van der Waals surface area contributed by atoms with Gasteiger partial charge in [-0.3, -0.25) is 4.90 Å². The molecular formula is C12H17N5O2. The van der Waals surface area contributed by atoms with Gasteiger partial charge < -0.3 is 14.4 Å². The average Bonchev–Trinajstić information content (AvgIpc) is 2.47. The van der Waals surface area contributed by atoms with Crippen LogP contribution in [0.1, 0.15) is 0 Å². The fourth-order valence-electron chi connectivity index (χ4n) is 1.95. The Morgan fingerprint density at radius 2 is 1.74 bits per heavy atom. The second-order valence-electron chi connectivity index (χ2n) is 4.17. The quantitative estimate of drug-likeness (QED) is 0.715. The highest BCUT2D eigenvalue weighted by Gasteiger charge is 2.20. The maximum absolute atomic E-state index is 8.68. The van der Waals surface area contributed by atoms with Gasteiger partial charge in [0.2, 0.25) is 17.7 Å². The Balaban J connectivity index is 2.08. The van der Waals surface area contributed by atoms with E-state index < -0.39 is 0 Å². The summed E-state index contributed by atoms with van der Waals surface area (Å²) in [5.41, 5.74) is 0. The largest absolute Gasteiger partial charge is 0.481 e. The monoisotopic (exact) mass is 263 g/mol. The Morgan fingerprint density at radius 1 is 1.16 bits per heavy atom. The first kappa shape index (κ1) is 13.4. The Morgan fingerprint density at radius 3 is 2.21 bits per heavy atom. The van der Waals surface area contributed by atoms with Crippen LogP contribution in [-0.4, -0.2) is 61.8 Å². The number of piperazine rings is 1. The highest BCUT2D eigenvalue weighted by molar-refractivity contribution is 5.37. The summed E-state index contributed by atoms with van der Waals surface area (Å²) in [5, 5.41) is 8.68. The first-order valence-corrected chi connectivity index (χ1v) is 6.08. The van der Waals surface area contributed by atoms with Gasteiger partial charge in [0.15, 0.2) is 0 Å². The Hall–Kier alpha value is -2.07. The topological polar surface area (TPSA) is 74.5 Å². The molecule has 0 atom stereocenters. The zero-order valence-corrected chi connectivity index (χ0v) is 11.2. The summed E-state index contributed by atoms with van der Waals surface area (Å²) in [5.74, 6) is 1.58. The van der Waals surface area contributed by atoms with Gasteiger partial charge in [-0.1, -0.05) is 0 Å². The van der Waals surface area contributed by atoms with E-state index >= 15 is 0 Å². The fraction of sp³-hybridized carbons (Fsp3) is 0.583. The molecule has 0 spiro atoms. The molecule has 0 aliphatic carbocycles. The summed E-state index contributed by atoms with van der Waals surface area (Å²) >= 11 is 0. The summed E-state index contributed by atoms with van der Waals surface area (Å²) in [7, 11) is 3.13. The lowest BCUT2D eigenvalue weighted by molar-refractivity contribution is 0.284. The van der Waals surface area contributed by atoms with Crippen molar-refractivity contribution in [2.75, 3.05) is 51.8 Å². The molecule has 0 bridgehead atoms. The number of nitriles is 1. The molecule has 1 aliphatic rings. The Labute approximate surface area is 112 Å². The van der Waals surface area contributed by atoms with Crippen LogP contribution in [0, 0.1) is 11.3 Å². The van der Waals surface area contributed by atoms with Gasteiger partial charge in [-0.15, -0.1) is 0 Å². The van der Waals surface area contributed by atoms with E-state index in [0.717, 1.165) is 26.2 Å². The van der Waals surface area contributed by atoms with Crippen LogP contribution in [-0.2, 0) is 0 Å². The molecule has 102 valence electrons. The smallest absolute Gasteiger partial charge is 0.232 e. The predicted octanol–water partition coefficient (Wildman–Crippen LogP) is 0.139. The average molecular weight is 263 g/mol. The van der Waals surface area contributed by atoms with E-state index in [1.165, 1.54) is 0 Å². The summed E-state index contributed by atoms with van der Waals surface area (Å²) in [6.45, 7) is 3.71. The molecule has 0 N–H and O–H groups in total. The van der Waals surface area contributed by atoms with E-state index in [2.05, 4.69) is 25.8 Å². The summed E-state index contributed by atoms with van der Waals surface area (Å²) < 4.78 is 10.3. The molecule has 1 aliphatic heterocycles. The van der Waals surface area contributed by atoms with Crippen molar-refractivity contribution in [2.24, 2.45) is 0 Å². The molecule has 7 nitrogen and oxygen atoms in total. The van der Waals surface area contributed by atoms with Crippen molar-refractivity contribution in [1.82, 2.24) is 14.9 Å². The van der Waals surface area contributed by atoms with Crippen molar-refractivity contribution >= 4 is 5.95 Å². The van der Waals surface area contributed by atoms with Crippen LogP contribution >= 0.6 is 0 Å². The molecule has 1 aromatic rings. The van der Waals surface area contributed by atoms with E-state index in [0.29, 0.717) is 24.3 Å². The van der Waals surface area contributed by atoms with E-state index in [1.807, 2.05) is 0 Å². The van der Waals surface area contributed by atoms with Gasteiger partial charge in [-0.25, -0.2) is 0 Å². The van der Waals surface area contributed by atoms with Crippen molar-refractivity contribution in [3.8, 4) is 17.8 Å².